The van der Waals surface area contributed by atoms with Gasteiger partial charge in [0.05, 0.1) is 12.7 Å². The van der Waals surface area contributed by atoms with Crippen molar-refractivity contribution in [1.29, 1.82) is 0 Å². The number of hydrogen-bond donors (Lipinski definition) is 0. The van der Waals surface area contributed by atoms with Crippen molar-refractivity contribution in [2.45, 2.75) is 78.2 Å². The lowest BCUT2D eigenvalue weighted by Gasteiger charge is -2.29. The Kier molecular flexibility index (Phi) is 8.14. The van der Waals surface area contributed by atoms with E-state index < -0.39 is 11.6 Å². The second-order valence-electron chi connectivity index (χ2n) is 7.16. The van der Waals surface area contributed by atoms with Crippen LogP contribution in [-0.4, -0.2) is 19.3 Å². The van der Waals surface area contributed by atoms with Crippen molar-refractivity contribution in [1.82, 2.24) is 0 Å². The monoisotopic (exact) mass is 354 g/mol. The fourth-order valence-corrected chi connectivity index (χ4v) is 3.63. The molecule has 1 aromatic rings. The van der Waals surface area contributed by atoms with E-state index in [0.29, 0.717) is 24.5 Å². The normalized spacial score (nSPS) is 20.7. The van der Waals surface area contributed by atoms with E-state index in [4.69, 9.17) is 9.47 Å². The highest BCUT2D eigenvalue weighted by Gasteiger charge is 2.23. The van der Waals surface area contributed by atoms with E-state index in [1.54, 1.807) is 13.0 Å². The molecule has 0 bridgehead atoms. The average molecular weight is 354 g/mol. The summed E-state index contributed by atoms with van der Waals surface area (Å²) in [5.41, 5.74) is 1.20. The first-order valence-corrected chi connectivity index (χ1v) is 9.78. The topological polar surface area (TPSA) is 18.5 Å². The predicted octanol–water partition coefficient (Wildman–Crippen LogP) is 5.98. The lowest BCUT2D eigenvalue weighted by Crippen LogP contribution is -2.26. The van der Waals surface area contributed by atoms with Crippen LogP contribution in [0.4, 0.5) is 8.78 Å². The van der Waals surface area contributed by atoms with Crippen LogP contribution in [0.25, 0.3) is 0 Å². The molecule has 0 N–H and O–H groups in total. The fraction of sp³-hybridized carbons (Fsp3) is 0.714. The van der Waals surface area contributed by atoms with Gasteiger partial charge in [0.15, 0.2) is 11.6 Å². The Hall–Kier alpha value is -1.16. The Morgan fingerprint density at radius 3 is 2.56 bits per heavy atom. The lowest BCUT2D eigenvalue weighted by atomic mass is 9.91. The van der Waals surface area contributed by atoms with Crippen LogP contribution in [-0.2, 0) is 11.2 Å². The summed E-state index contributed by atoms with van der Waals surface area (Å²) < 4.78 is 39.5. The Balaban J connectivity index is 1.85. The van der Waals surface area contributed by atoms with Gasteiger partial charge in [-0.1, -0.05) is 26.2 Å². The van der Waals surface area contributed by atoms with Gasteiger partial charge < -0.3 is 9.47 Å². The Morgan fingerprint density at radius 2 is 1.92 bits per heavy atom. The summed E-state index contributed by atoms with van der Waals surface area (Å²) in [5, 5.41) is 0. The molecule has 2 nitrogen and oxygen atoms in total. The zero-order valence-electron chi connectivity index (χ0n) is 15.9. The number of rotatable bonds is 9. The fourth-order valence-electron chi connectivity index (χ4n) is 3.63. The molecule has 1 aliphatic heterocycles. The molecular formula is C21H32F2O2. The first kappa shape index (κ1) is 20.2. The molecule has 25 heavy (non-hydrogen) atoms. The van der Waals surface area contributed by atoms with E-state index >= 15 is 0 Å². The van der Waals surface area contributed by atoms with Crippen LogP contribution < -0.4 is 4.74 Å². The molecule has 1 saturated heterocycles. The van der Waals surface area contributed by atoms with Gasteiger partial charge >= 0.3 is 0 Å². The van der Waals surface area contributed by atoms with Crippen molar-refractivity contribution in [3.8, 4) is 5.75 Å². The Morgan fingerprint density at radius 1 is 1.12 bits per heavy atom. The zero-order chi connectivity index (χ0) is 18.2. The zero-order valence-corrected chi connectivity index (χ0v) is 15.9. The highest BCUT2D eigenvalue weighted by molar-refractivity contribution is 5.38. The number of unbranched alkanes of at least 4 members (excludes halogenated alkanes) is 2. The number of halogens is 2. The minimum Gasteiger partial charge on any atom is -0.491 e. The maximum atomic E-state index is 14.3. The van der Waals surface area contributed by atoms with Crippen molar-refractivity contribution in [3.05, 3.63) is 28.8 Å². The Bertz CT molecular complexity index is 537. The summed E-state index contributed by atoms with van der Waals surface area (Å²) in [5.74, 6) is -0.964. The summed E-state index contributed by atoms with van der Waals surface area (Å²) in [6, 6.07) is 1.60. The van der Waals surface area contributed by atoms with E-state index in [1.807, 2.05) is 6.92 Å². The van der Waals surface area contributed by atoms with Gasteiger partial charge in [-0.2, -0.15) is 4.39 Å². The van der Waals surface area contributed by atoms with Crippen molar-refractivity contribution in [2.24, 2.45) is 5.92 Å². The molecule has 1 fully saturated rings. The highest BCUT2D eigenvalue weighted by Crippen LogP contribution is 2.30. The smallest absolute Gasteiger partial charge is 0.200 e. The number of aryl methyl sites for hydroxylation is 1. The van der Waals surface area contributed by atoms with E-state index in [9.17, 15) is 8.78 Å². The molecule has 2 unspecified atom stereocenters. The quantitative estimate of drug-likeness (QED) is 0.508. The van der Waals surface area contributed by atoms with Gasteiger partial charge in [-0.15, -0.1) is 0 Å². The molecule has 1 heterocycles. The largest absolute Gasteiger partial charge is 0.491 e. The van der Waals surface area contributed by atoms with Crippen molar-refractivity contribution >= 4 is 0 Å². The van der Waals surface area contributed by atoms with E-state index in [-0.39, 0.29) is 11.9 Å². The second kappa shape index (κ2) is 10.1. The van der Waals surface area contributed by atoms with Crippen molar-refractivity contribution in [2.75, 3.05) is 13.2 Å². The molecule has 142 valence electrons. The minimum absolute atomic E-state index is 0.00471. The third-order valence-electron chi connectivity index (χ3n) is 5.19. The van der Waals surface area contributed by atoms with Gasteiger partial charge in [0.2, 0.25) is 5.82 Å². The first-order valence-electron chi connectivity index (χ1n) is 9.78. The number of hydrogen-bond acceptors (Lipinski definition) is 2. The van der Waals surface area contributed by atoms with Crippen LogP contribution in [0.5, 0.6) is 5.75 Å². The third-order valence-corrected chi connectivity index (χ3v) is 5.19. The minimum atomic E-state index is -0.872. The molecule has 0 spiro atoms. The Labute approximate surface area is 150 Å². The summed E-state index contributed by atoms with van der Waals surface area (Å²) >= 11 is 0. The molecule has 0 aliphatic carbocycles. The number of ether oxygens (including phenoxy) is 2. The molecule has 1 aliphatic rings. The summed E-state index contributed by atoms with van der Waals surface area (Å²) in [6.45, 7) is 6.93. The summed E-state index contributed by atoms with van der Waals surface area (Å²) in [6.07, 6.45) is 8.70. The summed E-state index contributed by atoms with van der Waals surface area (Å²) in [4.78, 5) is 0. The van der Waals surface area contributed by atoms with Gasteiger partial charge in [-0.25, -0.2) is 4.39 Å². The van der Waals surface area contributed by atoms with Gasteiger partial charge in [0.25, 0.3) is 0 Å². The maximum Gasteiger partial charge on any atom is 0.200 e. The molecule has 2 atom stereocenters. The number of benzene rings is 1. The lowest BCUT2D eigenvalue weighted by molar-refractivity contribution is -0.0220. The molecule has 0 saturated carbocycles. The average Bonchev–Trinajstić information content (AvgIpc) is 2.61. The molecule has 1 aromatic carbocycles. The SMILES string of the molecule is CCCCCC1CCC(CCc2c(C)cc(OCC)c(F)c2F)OC1. The van der Waals surface area contributed by atoms with Crippen LogP contribution in [0.15, 0.2) is 6.07 Å². The maximum absolute atomic E-state index is 14.3. The van der Waals surface area contributed by atoms with Crippen molar-refractivity contribution in [3.63, 3.8) is 0 Å². The van der Waals surface area contributed by atoms with E-state index in [0.717, 1.165) is 25.0 Å². The van der Waals surface area contributed by atoms with Crippen LogP contribution in [0, 0.1) is 24.5 Å². The molecule has 2 rings (SSSR count). The molecule has 0 amide bonds. The molecule has 4 heteroatoms. The van der Waals surface area contributed by atoms with E-state index in [2.05, 4.69) is 6.92 Å². The summed E-state index contributed by atoms with van der Waals surface area (Å²) in [7, 11) is 0. The first-order chi connectivity index (χ1) is 12.1. The van der Waals surface area contributed by atoms with Crippen LogP contribution in [0.3, 0.4) is 0 Å². The van der Waals surface area contributed by atoms with Gasteiger partial charge in [-0.05, 0) is 69.1 Å². The predicted molar refractivity (Wildman–Crippen MR) is 97.2 cm³/mol. The molecular weight excluding hydrogens is 322 g/mol. The third kappa shape index (κ3) is 5.67. The molecule has 0 aromatic heterocycles. The van der Waals surface area contributed by atoms with Crippen molar-refractivity contribution < 1.29 is 18.3 Å². The van der Waals surface area contributed by atoms with Crippen LogP contribution in [0.2, 0.25) is 0 Å². The van der Waals surface area contributed by atoms with Gasteiger partial charge in [-0.3, -0.25) is 0 Å². The van der Waals surface area contributed by atoms with E-state index in [1.165, 1.54) is 32.1 Å². The van der Waals surface area contributed by atoms with Gasteiger partial charge in [0.1, 0.15) is 0 Å². The molecule has 0 radical (unpaired) electrons. The van der Waals surface area contributed by atoms with Gasteiger partial charge in [0, 0.05) is 6.61 Å². The van der Waals surface area contributed by atoms with Crippen LogP contribution in [0.1, 0.15) is 69.9 Å². The standard InChI is InChI=1S/C21H32F2O2/c1-4-6-7-8-16-9-10-17(25-14-16)11-12-18-15(3)13-19(24-5-2)21(23)20(18)22/h13,16-17H,4-12,14H2,1-3H3. The second-order valence-corrected chi connectivity index (χ2v) is 7.16. The highest BCUT2D eigenvalue weighted by atomic mass is 19.2. The van der Waals surface area contributed by atoms with Crippen LogP contribution >= 0.6 is 0 Å².